The lowest BCUT2D eigenvalue weighted by molar-refractivity contribution is -0.148. The van der Waals surface area contributed by atoms with Crippen LogP contribution in [0.1, 0.15) is 52.6 Å². The van der Waals surface area contributed by atoms with Crippen LogP contribution in [0.3, 0.4) is 0 Å². The minimum Gasteiger partial charge on any atom is -0.468 e. The number of allylic oxidation sites excluding steroid dienone is 2. The molecule has 2 aliphatic carbocycles. The number of methoxy groups -OCH3 is 2. The molecule has 12 nitrogen and oxygen atoms in total. The van der Waals surface area contributed by atoms with Crippen molar-refractivity contribution in [2.75, 3.05) is 24.9 Å². The molecule has 4 aliphatic rings. The van der Waals surface area contributed by atoms with Gasteiger partial charge in [-0.2, -0.15) is 0 Å². The molecular formula is C40H24F2N2O10. The second kappa shape index (κ2) is 13.4. The van der Waals surface area contributed by atoms with Crippen LogP contribution < -0.4 is 10.6 Å². The smallest absolute Gasteiger partial charge is 0.322 e. The Labute approximate surface area is 303 Å². The maximum absolute atomic E-state index is 13.9. The van der Waals surface area contributed by atoms with Gasteiger partial charge in [-0.3, -0.25) is 38.4 Å². The molecular weight excluding hydrogens is 706 g/mol. The molecule has 0 saturated carbocycles. The molecule has 2 heterocycles. The zero-order valence-electron chi connectivity index (χ0n) is 28.1. The van der Waals surface area contributed by atoms with Gasteiger partial charge in [-0.05, 0) is 36.4 Å². The van der Waals surface area contributed by atoms with Gasteiger partial charge in [0.15, 0.2) is 35.0 Å². The van der Waals surface area contributed by atoms with Gasteiger partial charge in [-0.15, -0.1) is 0 Å². The van der Waals surface area contributed by atoms with Gasteiger partial charge in [0.1, 0.15) is 11.6 Å². The van der Waals surface area contributed by atoms with Crippen LogP contribution in [-0.2, 0) is 28.7 Å². The lowest BCUT2D eigenvalue weighted by Crippen LogP contribution is -2.36. The first kappa shape index (κ1) is 35.2. The van der Waals surface area contributed by atoms with Crippen LogP contribution in [0, 0.1) is 23.5 Å². The van der Waals surface area contributed by atoms with Gasteiger partial charge in [0.25, 0.3) is 0 Å². The summed E-state index contributed by atoms with van der Waals surface area (Å²) in [7, 11) is 2.16. The summed E-state index contributed by atoms with van der Waals surface area (Å²) in [4.78, 5) is 103. The Hall–Kier alpha value is -7.22. The van der Waals surface area contributed by atoms with E-state index in [0.29, 0.717) is 0 Å². The molecule has 4 aromatic rings. The highest BCUT2D eigenvalue weighted by atomic mass is 19.1. The van der Waals surface area contributed by atoms with Crippen LogP contribution in [0.2, 0.25) is 0 Å². The number of fused-ring (bicyclic) bond motifs is 6. The van der Waals surface area contributed by atoms with Gasteiger partial charge >= 0.3 is 11.9 Å². The molecule has 2 aliphatic heterocycles. The fourth-order valence-corrected chi connectivity index (χ4v) is 6.90. The third kappa shape index (κ3) is 5.51. The van der Waals surface area contributed by atoms with E-state index in [-0.39, 0.29) is 67.0 Å². The monoisotopic (exact) mass is 730 g/mol. The zero-order chi connectivity index (χ0) is 38.6. The highest BCUT2D eigenvalue weighted by Gasteiger charge is 2.47. The van der Waals surface area contributed by atoms with Crippen molar-refractivity contribution in [1.82, 2.24) is 0 Å². The Morgan fingerprint density at radius 2 is 0.833 bits per heavy atom. The van der Waals surface area contributed by atoms with Crippen molar-refractivity contribution in [1.29, 1.82) is 0 Å². The number of hydrogen-bond donors (Lipinski definition) is 2. The van der Waals surface area contributed by atoms with Gasteiger partial charge in [0, 0.05) is 67.0 Å². The fourth-order valence-electron chi connectivity index (χ4n) is 6.90. The number of ketones is 4. The van der Waals surface area contributed by atoms with E-state index in [1.165, 1.54) is 36.4 Å². The van der Waals surface area contributed by atoms with Crippen molar-refractivity contribution in [3.05, 3.63) is 141 Å². The van der Waals surface area contributed by atoms with Crippen molar-refractivity contribution in [3.8, 4) is 0 Å². The van der Waals surface area contributed by atoms with Crippen molar-refractivity contribution in [2.45, 2.75) is 0 Å². The van der Waals surface area contributed by atoms with Gasteiger partial charge < -0.3 is 20.1 Å². The number of halogens is 2. The number of anilines is 2. The first-order valence-electron chi connectivity index (χ1n) is 16.1. The molecule has 0 spiro atoms. The normalized spacial score (nSPS) is 18.1. The first-order valence-corrected chi connectivity index (χ1v) is 16.1. The number of hydrogen-bond acceptors (Lipinski definition) is 10. The lowest BCUT2D eigenvalue weighted by Gasteiger charge is -2.23. The van der Waals surface area contributed by atoms with Crippen LogP contribution in [0.4, 0.5) is 20.2 Å². The van der Waals surface area contributed by atoms with Crippen LogP contribution in [-0.4, -0.2) is 61.1 Å². The van der Waals surface area contributed by atoms with Gasteiger partial charge in [-0.25, -0.2) is 8.78 Å². The van der Waals surface area contributed by atoms with Crippen molar-refractivity contribution >= 4 is 69.4 Å². The molecule has 14 heteroatoms. The van der Waals surface area contributed by atoms with E-state index in [1.807, 2.05) is 0 Å². The average molecular weight is 731 g/mol. The maximum atomic E-state index is 13.9. The molecule has 0 unspecified atom stereocenters. The van der Waals surface area contributed by atoms with Crippen LogP contribution in [0.5, 0.6) is 0 Å². The van der Waals surface area contributed by atoms with E-state index in [2.05, 4.69) is 20.1 Å². The number of ether oxygens (including phenoxy) is 2. The van der Waals surface area contributed by atoms with Crippen molar-refractivity contribution in [2.24, 2.45) is 11.8 Å². The van der Waals surface area contributed by atoms with Gasteiger partial charge in [0.2, 0.25) is 11.8 Å². The topological polar surface area (TPSA) is 179 Å². The van der Waals surface area contributed by atoms with Crippen LogP contribution in [0.25, 0.3) is 11.1 Å². The van der Waals surface area contributed by atoms with E-state index in [4.69, 9.17) is 0 Å². The number of nitrogens with one attached hydrogen (secondary N) is 2. The Bertz CT molecular complexity index is 2340. The number of rotatable bonds is 2. The Kier molecular flexibility index (Phi) is 8.73. The standard InChI is InChI=1S/2C20H12FNO5/c2*1-27-20(26)16-15-14(12-8-9(21)6-7-13(12)22-19(16)25)17(23)10-4-2-3-5-11(10)18(15)24/h2*2-8,16H,1H3,(H,22,25)/t2*16-/m10/s1. The van der Waals surface area contributed by atoms with E-state index >= 15 is 0 Å². The largest absolute Gasteiger partial charge is 0.468 e. The summed E-state index contributed by atoms with van der Waals surface area (Å²) in [6, 6.07) is 19.1. The second-order valence-corrected chi connectivity index (χ2v) is 12.3. The predicted molar refractivity (Wildman–Crippen MR) is 185 cm³/mol. The summed E-state index contributed by atoms with van der Waals surface area (Å²) < 4.78 is 37.2. The zero-order valence-corrected chi connectivity index (χ0v) is 28.1. The third-order valence-electron chi connectivity index (χ3n) is 9.31. The Balaban J connectivity index is 0.000000167. The van der Waals surface area contributed by atoms with Crippen molar-refractivity contribution in [3.63, 3.8) is 0 Å². The molecule has 2 N–H and O–H groups in total. The molecule has 0 radical (unpaired) electrons. The van der Waals surface area contributed by atoms with E-state index in [1.54, 1.807) is 24.3 Å². The van der Waals surface area contributed by atoms with Crippen molar-refractivity contribution < 1.29 is 56.6 Å². The van der Waals surface area contributed by atoms with E-state index < -0.39 is 70.4 Å². The quantitative estimate of drug-likeness (QED) is 0.215. The Morgan fingerprint density at radius 3 is 1.17 bits per heavy atom. The molecule has 2 amide bonds. The molecule has 268 valence electrons. The molecule has 8 rings (SSSR count). The van der Waals surface area contributed by atoms with Gasteiger partial charge in [0.05, 0.1) is 14.2 Å². The fraction of sp³-hybridized carbons (Fsp3) is 0.100. The van der Waals surface area contributed by atoms with Crippen LogP contribution >= 0.6 is 0 Å². The number of carbonyl (C=O) groups is 8. The maximum Gasteiger partial charge on any atom is 0.322 e. The summed E-state index contributed by atoms with van der Waals surface area (Å²) in [5.74, 6) is -10.5. The third-order valence-corrected chi connectivity index (χ3v) is 9.31. The minimum absolute atomic E-state index is 0.0533. The number of carbonyl (C=O) groups excluding carboxylic acids is 8. The molecule has 0 bridgehead atoms. The highest BCUT2D eigenvalue weighted by Crippen LogP contribution is 2.43. The molecule has 0 saturated heterocycles. The number of Topliss-reactive ketones (excluding diaryl/α,β-unsaturated/α-hetero) is 4. The summed E-state index contributed by atoms with van der Waals surface area (Å²) >= 11 is 0. The molecule has 0 aromatic heterocycles. The predicted octanol–water partition coefficient (Wildman–Crippen LogP) is 4.80. The first-order chi connectivity index (χ1) is 25.9. The molecule has 2 atom stereocenters. The summed E-state index contributed by atoms with van der Waals surface area (Å²) in [6.45, 7) is 0. The van der Waals surface area contributed by atoms with E-state index in [0.717, 1.165) is 38.5 Å². The SMILES string of the molecule is COC(=O)[C@@H]1C(=O)Nc2ccc(F)cc2C2=C1C(=O)c1ccccc1C2=O.COC(=O)[C@H]1C(=O)Nc2ccc(F)cc2C2=C1C(=O)c1ccccc1C2=O. The number of amides is 2. The summed E-state index contributed by atoms with van der Waals surface area (Å²) in [5, 5.41) is 4.97. The molecule has 4 aromatic carbocycles. The highest BCUT2D eigenvalue weighted by molar-refractivity contribution is 6.45. The van der Waals surface area contributed by atoms with Gasteiger partial charge in [-0.1, -0.05) is 48.5 Å². The molecule has 54 heavy (non-hydrogen) atoms. The number of esters is 2. The molecule has 0 fully saturated rings. The Morgan fingerprint density at radius 1 is 0.500 bits per heavy atom. The number of benzene rings is 4. The average Bonchev–Trinajstić information content (AvgIpc) is 3.38. The minimum atomic E-state index is -1.63. The second-order valence-electron chi connectivity index (χ2n) is 12.3. The van der Waals surface area contributed by atoms with E-state index in [9.17, 15) is 47.1 Å². The lowest BCUT2D eigenvalue weighted by atomic mass is 9.76. The summed E-state index contributed by atoms with van der Waals surface area (Å²) in [6.07, 6.45) is 0. The van der Waals surface area contributed by atoms with Crippen LogP contribution in [0.15, 0.2) is 96.1 Å². The summed E-state index contributed by atoms with van der Waals surface area (Å²) in [5.41, 5.74) is -0.102.